The van der Waals surface area contributed by atoms with Crippen LogP contribution in [0.4, 0.5) is 0 Å². The van der Waals surface area contributed by atoms with E-state index in [1.54, 1.807) is 7.11 Å². The van der Waals surface area contributed by atoms with Gasteiger partial charge in [-0.2, -0.15) is 0 Å². The van der Waals surface area contributed by atoms with Crippen molar-refractivity contribution in [1.82, 2.24) is 5.32 Å². The minimum absolute atomic E-state index is 0.437. The topological polar surface area (TPSA) is 39.7 Å². The lowest BCUT2D eigenvalue weighted by Crippen LogP contribution is -2.11. The maximum absolute atomic E-state index is 5.86. The first-order valence-electron chi connectivity index (χ1n) is 8.41. The van der Waals surface area contributed by atoms with Crippen LogP contribution in [0.15, 0.2) is 40.9 Å². The van der Waals surface area contributed by atoms with E-state index in [2.05, 4.69) is 47.2 Å². The molecule has 2 aromatic carbocycles. The van der Waals surface area contributed by atoms with E-state index in [0.717, 1.165) is 22.3 Å². The van der Waals surface area contributed by atoms with E-state index < -0.39 is 0 Å². The molecule has 0 bridgehead atoms. The van der Waals surface area contributed by atoms with Crippen LogP contribution >= 0.6 is 15.9 Å². The Morgan fingerprint density at radius 3 is 2.32 bits per heavy atom. The summed E-state index contributed by atoms with van der Waals surface area (Å²) in [7, 11) is 3.56. The third kappa shape index (κ3) is 5.65. The fourth-order valence-electron chi connectivity index (χ4n) is 2.47. The van der Waals surface area contributed by atoms with Crippen molar-refractivity contribution in [1.29, 1.82) is 0 Å². The van der Waals surface area contributed by atoms with Crippen LogP contribution in [0.1, 0.15) is 30.9 Å². The standard InChI is InChI=1S/C20H26BrNO3/c1-14(2)16-5-7-17(8-6-16)24-9-10-25-20-18(21)11-15(13-22-3)12-19(20)23-4/h5-8,11-12,14,22H,9-10,13H2,1-4H3. The van der Waals surface area contributed by atoms with Gasteiger partial charge in [0.25, 0.3) is 0 Å². The summed E-state index contributed by atoms with van der Waals surface area (Å²) in [5.41, 5.74) is 2.43. The minimum atomic E-state index is 0.437. The number of halogens is 1. The van der Waals surface area contributed by atoms with Crippen LogP contribution in [0.3, 0.4) is 0 Å². The molecule has 0 saturated carbocycles. The Balaban J connectivity index is 1.90. The van der Waals surface area contributed by atoms with Gasteiger partial charge in [-0.25, -0.2) is 0 Å². The number of nitrogens with one attached hydrogen (secondary N) is 1. The maximum atomic E-state index is 5.86. The van der Waals surface area contributed by atoms with Gasteiger partial charge in [-0.1, -0.05) is 26.0 Å². The Kier molecular flexibility index (Phi) is 7.59. The van der Waals surface area contributed by atoms with Gasteiger partial charge in [-0.3, -0.25) is 0 Å². The third-order valence-corrected chi connectivity index (χ3v) is 4.40. The average molecular weight is 408 g/mol. The number of rotatable bonds is 9. The SMILES string of the molecule is CNCc1cc(Br)c(OCCOc2ccc(C(C)C)cc2)c(OC)c1. The molecular weight excluding hydrogens is 382 g/mol. The molecule has 0 aromatic heterocycles. The van der Waals surface area contributed by atoms with E-state index in [1.165, 1.54) is 5.56 Å². The van der Waals surface area contributed by atoms with E-state index in [-0.39, 0.29) is 0 Å². The molecule has 5 heteroatoms. The normalized spacial score (nSPS) is 10.8. The van der Waals surface area contributed by atoms with Gasteiger partial charge in [-0.15, -0.1) is 0 Å². The molecule has 25 heavy (non-hydrogen) atoms. The Bertz CT molecular complexity index is 671. The van der Waals surface area contributed by atoms with Gasteiger partial charge >= 0.3 is 0 Å². The van der Waals surface area contributed by atoms with Crippen LogP contribution in [-0.2, 0) is 6.54 Å². The predicted octanol–water partition coefficient (Wildman–Crippen LogP) is 4.76. The minimum Gasteiger partial charge on any atom is -0.493 e. The van der Waals surface area contributed by atoms with Crippen molar-refractivity contribution in [3.8, 4) is 17.2 Å². The summed E-state index contributed by atoms with van der Waals surface area (Å²) in [6.45, 7) is 6.03. The molecule has 4 nitrogen and oxygen atoms in total. The molecule has 0 aliphatic carbocycles. The van der Waals surface area contributed by atoms with Crippen LogP contribution in [-0.4, -0.2) is 27.4 Å². The van der Waals surface area contributed by atoms with Gasteiger partial charge in [0.05, 0.1) is 11.6 Å². The fraction of sp³-hybridized carbons (Fsp3) is 0.400. The second-order valence-electron chi connectivity index (χ2n) is 6.06. The lowest BCUT2D eigenvalue weighted by molar-refractivity contribution is 0.210. The molecule has 0 saturated heterocycles. The largest absolute Gasteiger partial charge is 0.493 e. The van der Waals surface area contributed by atoms with Gasteiger partial charge in [0.1, 0.15) is 19.0 Å². The first-order chi connectivity index (χ1) is 12.0. The molecule has 0 spiro atoms. The Labute approximate surface area is 158 Å². The molecule has 0 unspecified atom stereocenters. The summed E-state index contributed by atoms with van der Waals surface area (Å²) in [4.78, 5) is 0. The Morgan fingerprint density at radius 1 is 1.04 bits per heavy atom. The molecule has 2 aromatic rings. The lowest BCUT2D eigenvalue weighted by Gasteiger charge is -2.15. The maximum Gasteiger partial charge on any atom is 0.175 e. The zero-order valence-corrected chi connectivity index (χ0v) is 16.9. The van der Waals surface area contributed by atoms with Crippen molar-refractivity contribution in [2.75, 3.05) is 27.4 Å². The quantitative estimate of drug-likeness (QED) is 0.608. The van der Waals surface area contributed by atoms with Gasteiger partial charge < -0.3 is 19.5 Å². The summed E-state index contributed by atoms with van der Waals surface area (Å²) >= 11 is 3.55. The summed E-state index contributed by atoms with van der Waals surface area (Å²) in [6.07, 6.45) is 0. The average Bonchev–Trinajstić information content (AvgIpc) is 2.60. The molecule has 0 aliphatic heterocycles. The molecule has 2 rings (SSSR count). The van der Waals surface area contributed by atoms with Crippen molar-refractivity contribution >= 4 is 15.9 Å². The highest BCUT2D eigenvalue weighted by atomic mass is 79.9. The van der Waals surface area contributed by atoms with E-state index in [1.807, 2.05) is 31.3 Å². The van der Waals surface area contributed by atoms with E-state index in [9.17, 15) is 0 Å². The van der Waals surface area contributed by atoms with Crippen molar-refractivity contribution < 1.29 is 14.2 Å². The lowest BCUT2D eigenvalue weighted by atomic mass is 10.0. The summed E-state index contributed by atoms with van der Waals surface area (Å²) in [5, 5.41) is 3.13. The molecule has 0 amide bonds. The van der Waals surface area contributed by atoms with Gasteiger partial charge in [-0.05, 0) is 64.3 Å². The zero-order chi connectivity index (χ0) is 18.2. The molecule has 1 N–H and O–H groups in total. The Morgan fingerprint density at radius 2 is 1.72 bits per heavy atom. The highest BCUT2D eigenvalue weighted by Gasteiger charge is 2.11. The Hall–Kier alpha value is -1.72. The van der Waals surface area contributed by atoms with E-state index >= 15 is 0 Å². The first-order valence-corrected chi connectivity index (χ1v) is 9.21. The molecule has 0 heterocycles. The van der Waals surface area contributed by atoms with Gasteiger partial charge in [0, 0.05) is 6.54 Å². The molecule has 0 radical (unpaired) electrons. The van der Waals surface area contributed by atoms with Crippen LogP contribution in [0.25, 0.3) is 0 Å². The predicted molar refractivity (Wildman–Crippen MR) is 105 cm³/mol. The first kappa shape index (κ1) is 19.6. The molecule has 0 fully saturated rings. The second kappa shape index (κ2) is 9.68. The number of ether oxygens (including phenoxy) is 3. The van der Waals surface area contributed by atoms with Gasteiger partial charge in [0.15, 0.2) is 11.5 Å². The number of hydrogen-bond acceptors (Lipinski definition) is 4. The summed E-state index contributed by atoms with van der Waals surface area (Å²) in [6, 6.07) is 12.2. The zero-order valence-electron chi connectivity index (χ0n) is 15.3. The summed E-state index contributed by atoms with van der Waals surface area (Å²) in [5.74, 6) is 2.78. The highest BCUT2D eigenvalue weighted by molar-refractivity contribution is 9.10. The second-order valence-corrected chi connectivity index (χ2v) is 6.91. The van der Waals surface area contributed by atoms with Crippen molar-refractivity contribution in [3.05, 3.63) is 52.0 Å². The van der Waals surface area contributed by atoms with E-state index in [0.29, 0.717) is 30.6 Å². The van der Waals surface area contributed by atoms with Crippen LogP contribution in [0.5, 0.6) is 17.2 Å². The highest BCUT2D eigenvalue weighted by Crippen LogP contribution is 2.36. The number of hydrogen-bond donors (Lipinski definition) is 1. The summed E-state index contributed by atoms with van der Waals surface area (Å²) < 4.78 is 17.9. The van der Waals surface area contributed by atoms with Crippen molar-refractivity contribution in [2.24, 2.45) is 0 Å². The van der Waals surface area contributed by atoms with Gasteiger partial charge in [0.2, 0.25) is 0 Å². The molecule has 136 valence electrons. The van der Waals surface area contributed by atoms with Crippen molar-refractivity contribution in [3.63, 3.8) is 0 Å². The van der Waals surface area contributed by atoms with Crippen LogP contribution < -0.4 is 19.5 Å². The number of benzene rings is 2. The molecule has 0 atom stereocenters. The van der Waals surface area contributed by atoms with Crippen molar-refractivity contribution in [2.45, 2.75) is 26.3 Å². The van der Waals surface area contributed by atoms with Crippen LogP contribution in [0, 0.1) is 0 Å². The molecule has 0 aliphatic rings. The van der Waals surface area contributed by atoms with E-state index in [4.69, 9.17) is 14.2 Å². The third-order valence-electron chi connectivity index (χ3n) is 3.82. The smallest absolute Gasteiger partial charge is 0.175 e. The fourth-order valence-corrected chi connectivity index (χ4v) is 3.08. The molecular formula is C20H26BrNO3. The van der Waals surface area contributed by atoms with Crippen LogP contribution in [0.2, 0.25) is 0 Å². The monoisotopic (exact) mass is 407 g/mol. The number of methoxy groups -OCH3 is 1.